The van der Waals surface area contributed by atoms with Gasteiger partial charge in [-0.2, -0.15) is 0 Å². The molecule has 134 valence electrons. The van der Waals surface area contributed by atoms with E-state index < -0.39 is 0 Å². The number of methoxy groups -OCH3 is 1. The molecule has 2 N–H and O–H groups in total. The molecule has 1 aromatic heterocycles. The van der Waals surface area contributed by atoms with E-state index in [1.54, 1.807) is 37.6 Å². The van der Waals surface area contributed by atoms with Gasteiger partial charge in [-0.05, 0) is 23.8 Å². The highest BCUT2D eigenvalue weighted by Gasteiger charge is 2.32. The maximum absolute atomic E-state index is 12.7. The van der Waals surface area contributed by atoms with Crippen LogP contribution in [0.15, 0.2) is 54.7 Å². The van der Waals surface area contributed by atoms with Crippen LogP contribution in [0.25, 0.3) is 22.8 Å². The van der Waals surface area contributed by atoms with Crippen LogP contribution in [0.5, 0.6) is 5.75 Å². The van der Waals surface area contributed by atoms with Gasteiger partial charge in [0, 0.05) is 27.3 Å². The van der Waals surface area contributed by atoms with E-state index in [-0.39, 0.29) is 5.91 Å². The van der Waals surface area contributed by atoms with Crippen LogP contribution in [0, 0.1) is 4.91 Å². The van der Waals surface area contributed by atoms with E-state index in [1.165, 1.54) is 0 Å². The lowest BCUT2D eigenvalue weighted by Gasteiger charge is -2.09. The Morgan fingerprint density at radius 3 is 2.56 bits per heavy atom. The van der Waals surface area contributed by atoms with Gasteiger partial charge >= 0.3 is 0 Å². The first-order valence-corrected chi connectivity index (χ1v) is 8.81. The molecule has 7 heteroatoms. The van der Waals surface area contributed by atoms with Gasteiger partial charge in [0.05, 0.1) is 29.6 Å². The minimum absolute atomic E-state index is 0.225. The second-order valence-corrected chi connectivity index (χ2v) is 6.51. The van der Waals surface area contributed by atoms with Gasteiger partial charge in [-0.25, -0.2) is 0 Å². The van der Waals surface area contributed by atoms with Crippen molar-refractivity contribution in [3.8, 4) is 16.9 Å². The van der Waals surface area contributed by atoms with E-state index >= 15 is 0 Å². The van der Waals surface area contributed by atoms with Crippen molar-refractivity contribution in [2.75, 3.05) is 12.4 Å². The van der Waals surface area contributed by atoms with E-state index in [0.717, 1.165) is 10.1 Å². The number of nitroso groups, excluding NO2 is 1. The van der Waals surface area contributed by atoms with Crippen molar-refractivity contribution >= 4 is 38.3 Å². The highest BCUT2D eigenvalue weighted by Crippen LogP contribution is 2.45. The number of carbonyl (C=O) groups is 1. The van der Waals surface area contributed by atoms with Gasteiger partial charge in [0.15, 0.2) is 0 Å². The van der Waals surface area contributed by atoms with Crippen LogP contribution < -0.4 is 10.1 Å². The number of amides is 1. The SMILES string of the molecule is COc1cc[nH]c1/C=C1\C(=O)Nc2ccc([N+](=O)P)c(-c3ccccc3)c21. The lowest BCUT2D eigenvalue weighted by Crippen LogP contribution is -2.03. The number of carbonyl (C=O) groups excluding carboxylic acids is 1. The Kier molecular flexibility index (Phi) is 4.34. The van der Waals surface area contributed by atoms with Crippen molar-refractivity contribution in [3.63, 3.8) is 0 Å². The molecule has 2 aromatic carbocycles. The summed E-state index contributed by atoms with van der Waals surface area (Å²) in [5.41, 5.74) is 4.55. The lowest BCUT2D eigenvalue weighted by atomic mass is 9.93. The predicted octanol–water partition coefficient (Wildman–Crippen LogP) is 4.38. The van der Waals surface area contributed by atoms with Crippen molar-refractivity contribution in [1.29, 1.82) is 0 Å². The van der Waals surface area contributed by atoms with Crippen LogP contribution in [0.3, 0.4) is 0 Å². The third-order valence-corrected chi connectivity index (χ3v) is 4.77. The van der Waals surface area contributed by atoms with Crippen LogP contribution in [0.4, 0.5) is 11.4 Å². The van der Waals surface area contributed by atoms with Crippen molar-refractivity contribution < 1.29 is 14.1 Å². The summed E-state index contributed by atoms with van der Waals surface area (Å²) in [4.78, 5) is 27.9. The number of anilines is 1. The molecular weight excluding hydrogens is 361 g/mol. The van der Waals surface area contributed by atoms with Gasteiger partial charge < -0.3 is 15.0 Å². The number of benzene rings is 2. The zero-order chi connectivity index (χ0) is 19.0. The van der Waals surface area contributed by atoms with Crippen LogP contribution >= 0.6 is 9.39 Å². The Hall–Kier alpha value is -3.24. The van der Waals surface area contributed by atoms with Gasteiger partial charge in [0.25, 0.3) is 11.6 Å². The first-order valence-electron chi connectivity index (χ1n) is 8.29. The summed E-state index contributed by atoms with van der Waals surface area (Å²) in [6, 6.07) is 14.8. The molecule has 1 amide bonds. The van der Waals surface area contributed by atoms with Crippen LogP contribution in [0.1, 0.15) is 11.3 Å². The molecule has 4 rings (SSSR count). The first kappa shape index (κ1) is 17.2. The fourth-order valence-corrected chi connectivity index (χ4v) is 3.52. The molecule has 6 nitrogen and oxygen atoms in total. The fraction of sp³-hybridized carbons (Fsp3) is 0.0500. The lowest BCUT2D eigenvalue weighted by molar-refractivity contribution is -0.268. The van der Waals surface area contributed by atoms with Crippen LogP contribution in [-0.4, -0.2) is 22.5 Å². The number of fused-ring (bicyclic) bond motifs is 1. The largest absolute Gasteiger partial charge is 0.495 e. The predicted molar refractivity (Wildman–Crippen MR) is 109 cm³/mol. The molecule has 1 unspecified atom stereocenters. The van der Waals surface area contributed by atoms with E-state index in [9.17, 15) is 9.70 Å². The van der Waals surface area contributed by atoms with Crippen LogP contribution in [0.2, 0.25) is 0 Å². The molecule has 0 saturated carbocycles. The quantitative estimate of drug-likeness (QED) is 0.523. The topological polar surface area (TPSA) is 74.2 Å². The Bertz CT molecular complexity index is 1090. The number of H-pyrrole nitrogens is 1. The monoisotopic (exact) mass is 378 g/mol. The number of aromatic amines is 1. The molecule has 1 aliphatic rings. The minimum atomic E-state index is -0.225. The molecule has 27 heavy (non-hydrogen) atoms. The van der Waals surface area contributed by atoms with Gasteiger partial charge in [0.1, 0.15) is 5.75 Å². The molecule has 0 fully saturated rings. The summed E-state index contributed by atoms with van der Waals surface area (Å²) in [6.07, 6.45) is 3.49. The summed E-state index contributed by atoms with van der Waals surface area (Å²) in [6.45, 7) is 0. The fourth-order valence-electron chi connectivity index (χ4n) is 3.30. The third-order valence-electron chi connectivity index (χ3n) is 4.49. The highest BCUT2D eigenvalue weighted by molar-refractivity contribution is 7.08. The number of aromatic nitrogens is 1. The molecule has 0 bridgehead atoms. The highest BCUT2D eigenvalue weighted by atomic mass is 31.0. The van der Waals surface area contributed by atoms with Gasteiger partial charge in [-0.3, -0.25) is 4.79 Å². The Morgan fingerprint density at radius 1 is 1.07 bits per heavy atom. The Balaban J connectivity index is 2.01. The number of hydrogen-bond donors (Lipinski definition) is 2. The molecule has 0 aliphatic carbocycles. The molecule has 1 aliphatic heterocycles. The molecule has 0 saturated heterocycles. The number of nitrogens with zero attached hydrogens (tertiary/aromatic N) is 1. The number of nitrogens with one attached hydrogen (secondary N) is 2. The average Bonchev–Trinajstić information content (AvgIpc) is 3.26. The third kappa shape index (κ3) is 2.94. The molecule has 3 aromatic rings. The molecule has 0 spiro atoms. The molecular formula is C20H17N3O3P+. The number of rotatable bonds is 4. The second kappa shape index (κ2) is 6.82. The zero-order valence-corrected chi connectivity index (χ0v) is 15.7. The average molecular weight is 378 g/mol. The zero-order valence-electron chi connectivity index (χ0n) is 14.5. The summed E-state index contributed by atoms with van der Waals surface area (Å²) < 4.78 is 6.06. The standard InChI is InChI=1S/C20H16N3O3P/c1-26-17-9-10-21-15(17)11-13-19-14(22-20(13)24)7-8-16(23(25)27)18(19)12-5-3-2-4-6-12/h2-11H,27H2,1H3,(H-,21,22,24,25)/p+1. The van der Waals surface area contributed by atoms with E-state index in [1.807, 2.05) is 30.3 Å². The molecule has 0 radical (unpaired) electrons. The molecule has 1 atom stereocenters. The summed E-state index contributed by atoms with van der Waals surface area (Å²) in [5, 5.41) is 2.88. The molecule has 2 heterocycles. The summed E-state index contributed by atoms with van der Waals surface area (Å²) in [5.74, 6) is 0.412. The minimum Gasteiger partial charge on any atom is -0.495 e. The van der Waals surface area contributed by atoms with E-state index in [0.29, 0.717) is 39.5 Å². The van der Waals surface area contributed by atoms with E-state index in [4.69, 9.17) is 4.74 Å². The number of ether oxygens (including phenoxy) is 1. The van der Waals surface area contributed by atoms with Crippen LogP contribution in [-0.2, 0) is 4.79 Å². The van der Waals surface area contributed by atoms with Crippen molar-refractivity contribution in [1.82, 2.24) is 4.98 Å². The van der Waals surface area contributed by atoms with Crippen molar-refractivity contribution in [2.45, 2.75) is 0 Å². The smallest absolute Gasteiger partial charge is 0.265 e. The van der Waals surface area contributed by atoms with Crippen molar-refractivity contribution in [2.24, 2.45) is 0 Å². The van der Waals surface area contributed by atoms with Gasteiger partial charge in [-0.15, -0.1) is 0 Å². The summed E-state index contributed by atoms with van der Waals surface area (Å²) in [7, 11) is 3.71. The first-order chi connectivity index (χ1) is 13.1. The Morgan fingerprint density at radius 2 is 1.85 bits per heavy atom. The summed E-state index contributed by atoms with van der Waals surface area (Å²) >= 11 is 0. The van der Waals surface area contributed by atoms with Gasteiger partial charge in [0.2, 0.25) is 9.39 Å². The number of hydrogen-bond acceptors (Lipinski definition) is 3. The normalized spacial score (nSPS) is 14.1. The van der Waals surface area contributed by atoms with Crippen molar-refractivity contribution in [3.05, 3.63) is 70.9 Å². The van der Waals surface area contributed by atoms with Gasteiger partial charge in [-0.1, -0.05) is 30.3 Å². The maximum Gasteiger partial charge on any atom is 0.265 e. The maximum atomic E-state index is 12.7. The van der Waals surface area contributed by atoms with E-state index in [2.05, 4.69) is 19.7 Å². The second-order valence-electron chi connectivity index (χ2n) is 6.05. The Labute approximate surface area is 158 Å².